The van der Waals surface area contributed by atoms with E-state index in [0.29, 0.717) is 6.54 Å². The van der Waals surface area contributed by atoms with Crippen LogP contribution in [0.5, 0.6) is 0 Å². The lowest BCUT2D eigenvalue weighted by atomic mass is 10.2. The van der Waals surface area contributed by atoms with Crippen LogP contribution in [0.3, 0.4) is 0 Å². The van der Waals surface area contributed by atoms with Crippen LogP contribution in [0.25, 0.3) is 0 Å². The highest BCUT2D eigenvalue weighted by molar-refractivity contribution is 7.19. The summed E-state index contributed by atoms with van der Waals surface area (Å²) in [5.41, 5.74) is 5.78. The number of nitrogen functional groups attached to an aromatic ring is 1. The molecule has 0 radical (unpaired) electrons. The fourth-order valence-corrected chi connectivity index (χ4v) is 2.54. The van der Waals surface area contributed by atoms with E-state index in [1.807, 2.05) is 0 Å². The van der Waals surface area contributed by atoms with Gasteiger partial charge in [0.15, 0.2) is 0 Å². The zero-order chi connectivity index (χ0) is 15.3. The molecule has 20 heavy (non-hydrogen) atoms. The van der Waals surface area contributed by atoms with Crippen LogP contribution in [0.4, 0.5) is 19.5 Å². The number of hydrogen-bond acceptors (Lipinski definition) is 5. The van der Waals surface area contributed by atoms with Crippen LogP contribution in [0.2, 0.25) is 0 Å². The van der Waals surface area contributed by atoms with Gasteiger partial charge in [-0.2, -0.15) is 0 Å². The molecule has 0 fully saturated rings. The molecule has 1 heterocycles. The van der Waals surface area contributed by atoms with Crippen LogP contribution in [0.1, 0.15) is 27.0 Å². The Bertz CT molecular complexity index is 505. The molecule has 0 atom stereocenters. The van der Waals surface area contributed by atoms with Gasteiger partial charge in [0, 0.05) is 13.6 Å². The van der Waals surface area contributed by atoms with Gasteiger partial charge in [0.2, 0.25) is 0 Å². The van der Waals surface area contributed by atoms with Crippen molar-refractivity contribution >= 4 is 33.8 Å². The van der Waals surface area contributed by atoms with Gasteiger partial charge in [-0.25, -0.2) is 8.78 Å². The van der Waals surface area contributed by atoms with E-state index in [1.165, 1.54) is 7.05 Å². The Balaban J connectivity index is 3.16. The molecular weight excluding hydrogens is 290 g/mol. The standard InChI is InChI=1S/C11H16F2N4O2S/c1-3-16-10(19)8-7(14)6(9(18)15-2)11(20-8)17-4-5(12)13/h5,17H,3-4,14H2,1-2H3,(H,15,18)(H,16,19). The molecule has 0 saturated heterocycles. The number of halogens is 2. The zero-order valence-electron chi connectivity index (χ0n) is 11.0. The molecule has 0 aliphatic heterocycles. The minimum atomic E-state index is -2.58. The lowest BCUT2D eigenvalue weighted by molar-refractivity contribution is 0.0959. The SMILES string of the molecule is CCNC(=O)c1sc(NCC(F)F)c(C(=O)NC)c1N. The first-order chi connectivity index (χ1) is 9.42. The summed E-state index contributed by atoms with van der Waals surface area (Å²) in [6, 6.07) is 0. The van der Waals surface area contributed by atoms with Gasteiger partial charge in [-0.05, 0) is 6.92 Å². The lowest BCUT2D eigenvalue weighted by Crippen LogP contribution is -2.24. The van der Waals surface area contributed by atoms with Crippen molar-refractivity contribution in [3.63, 3.8) is 0 Å². The van der Waals surface area contributed by atoms with Crippen molar-refractivity contribution in [3.8, 4) is 0 Å². The summed E-state index contributed by atoms with van der Waals surface area (Å²) in [7, 11) is 1.39. The summed E-state index contributed by atoms with van der Waals surface area (Å²) in [4.78, 5) is 23.7. The Kier molecular flexibility index (Phi) is 5.68. The molecule has 9 heteroatoms. The quantitative estimate of drug-likeness (QED) is 0.633. The third-order valence-electron chi connectivity index (χ3n) is 2.36. The third-order valence-corrected chi connectivity index (χ3v) is 3.52. The fraction of sp³-hybridized carbons (Fsp3) is 0.455. The normalized spacial score (nSPS) is 10.4. The number of thiophene rings is 1. The summed E-state index contributed by atoms with van der Waals surface area (Å²) >= 11 is 0.878. The Labute approximate surface area is 118 Å². The van der Waals surface area contributed by atoms with Gasteiger partial charge in [-0.1, -0.05) is 0 Å². The van der Waals surface area contributed by atoms with Gasteiger partial charge in [-0.3, -0.25) is 9.59 Å². The summed E-state index contributed by atoms with van der Waals surface area (Å²) in [6.45, 7) is 1.50. The summed E-state index contributed by atoms with van der Waals surface area (Å²) in [6.07, 6.45) is -2.58. The number of nitrogens with one attached hydrogen (secondary N) is 3. The monoisotopic (exact) mass is 306 g/mol. The largest absolute Gasteiger partial charge is 0.397 e. The van der Waals surface area contributed by atoms with Crippen LogP contribution >= 0.6 is 11.3 Å². The maximum Gasteiger partial charge on any atom is 0.263 e. The van der Waals surface area contributed by atoms with E-state index in [-0.39, 0.29) is 21.1 Å². The van der Waals surface area contributed by atoms with Crippen molar-refractivity contribution in [2.24, 2.45) is 0 Å². The number of rotatable bonds is 6. The van der Waals surface area contributed by atoms with Crippen molar-refractivity contribution in [1.29, 1.82) is 0 Å². The molecule has 0 bridgehead atoms. The molecular formula is C11H16F2N4O2S. The van der Waals surface area contributed by atoms with E-state index >= 15 is 0 Å². The van der Waals surface area contributed by atoms with E-state index < -0.39 is 24.8 Å². The third kappa shape index (κ3) is 3.56. The van der Waals surface area contributed by atoms with Crippen molar-refractivity contribution in [1.82, 2.24) is 10.6 Å². The first-order valence-electron chi connectivity index (χ1n) is 5.86. The van der Waals surface area contributed by atoms with Gasteiger partial charge >= 0.3 is 0 Å². The second kappa shape index (κ2) is 7.04. The maximum atomic E-state index is 12.3. The number of alkyl halides is 2. The molecule has 0 spiro atoms. The number of nitrogens with two attached hydrogens (primary N) is 1. The number of carbonyl (C=O) groups is 2. The maximum absolute atomic E-state index is 12.3. The van der Waals surface area contributed by atoms with Crippen LogP contribution < -0.4 is 21.7 Å². The molecule has 6 nitrogen and oxygen atoms in total. The van der Waals surface area contributed by atoms with E-state index in [2.05, 4.69) is 16.0 Å². The average Bonchev–Trinajstić information content (AvgIpc) is 2.73. The van der Waals surface area contributed by atoms with Crippen LogP contribution in [0, 0.1) is 0 Å². The minimum Gasteiger partial charge on any atom is -0.397 e. The molecule has 0 saturated carbocycles. The first kappa shape index (κ1) is 16.2. The molecule has 1 aromatic heterocycles. The predicted molar refractivity (Wildman–Crippen MR) is 74.6 cm³/mol. The van der Waals surface area contributed by atoms with E-state index in [4.69, 9.17) is 5.73 Å². The molecule has 0 aromatic carbocycles. The van der Waals surface area contributed by atoms with Gasteiger partial charge in [0.1, 0.15) is 9.88 Å². The Morgan fingerprint density at radius 3 is 2.50 bits per heavy atom. The molecule has 0 aliphatic rings. The molecule has 0 aliphatic carbocycles. The average molecular weight is 306 g/mol. The highest BCUT2D eigenvalue weighted by Gasteiger charge is 2.25. The van der Waals surface area contributed by atoms with Crippen molar-refractivity contribution in [2.45, 2.75) is 13.3 Å². The molecule has 5 N–H and O–H groups in total. The summed E-state index contributed by atoms with van der Waals surface area (Å²) < 4.78 is 24.5. The number of hydrogen-bond donors (Lipinski definition) is 4. The van der Waals surface area contributed by atoms with Crippen molar-refractivity contribution < 1.29 is 18.4 Å². The minimum absolute atomic E-state index is 0.0133. The predicted octanol–water partition coefficient (Wildman–Crippen LogP) is 1.12. The lowest BCUT2D eigenvalue weighted by Gasteiger charge is -2.06. The van der Waals surface area contributed by atoms with Crippen LogP contribution in [0.15, 0.2) is 0 Å². The van der Waals surface area contributed by atoms with Crippen molar-refractivity contribution in [2.75, 3.05) is 31.2 Å². The van der Waals surface area contributed by atoms with Crippen LogP contribution in [-0.4, -0.2) is 38.4 Å². The fourth-order valence-electron chi connectivity index (χ4n) is 1.50. The topological polar surface area (TPSA) is 96.2 Å². The first-order valence-corrected chi connectivity index (χ1v) is 6.68. The van der Waals surface area contributed by atoms with Gasteiger partial charge in [0.05, 0.1) is 17.8 Å². The second-order valence-corrected chi connectivity index (χ2v) is 4.78. The molecule has 1 aromatic rings. The Morgan fingerprint density at radius 2 is 2.00 bits per heavy atom. The molecule has 112 valence electrons. The van der Waals surface area contributed by atoms with E-state index in [9.17, 15) is 18.4 Å². The van der Waals surface area contributed by atoms with E-state index in [1.54, 1.807) is 6.92 Å². The smallest absolute Gasteiger partial charge is 0.263 e. The zero-order valence-corrected chi connectivity index (χ0v) is 11.9. The Hall–Kier alpha value is -1.90. The van der Waals surface area contributed by atoms with Crippen molar-refractivity contribution in [3.05, 3.63) is 10.4 Å². The number of anilines is 2. The van der Waals surface area contributed by atoms with Gasteiger partial charge in [-0.15, -0.1) is 11.3 Å². The highest BCUT2D eigenvalue weighted by atomic mass is 32.1. The second-order valence-electron chi connectivity index (χ2n) is 3.76. The number of carbonyl (C=O) groups excluding carboxylic acids is 2. The number of amides is 2. The summed E-state index contributed by atoms with van der Waals surface area (Å²) in [5, 5.41) is 7.50. The molecule has 2 amide bonds. The highest BCUT2D eigenvalue weighted by Crippen LogP contribution is 2.35. The van der Waals surface area contributed by atoms with Gasteiger partial charge < -0.3 is 21.7 Å². The Morgan fingerprint density at radius 1 is 1.35 bits per heavy atom. The molecule has 1 rings (SSSR count). The molecule has 0 unspecified atom stereocenters. The van der Waals surface area contributed by atoms with Gasteiger partial charge in [0.25, 0.3) is 18.2 Å². The summed E-state index contributed by atoms with van der Waals surface area (Å²) in [5.74, 6) is -0.976. The van der Waals surface area contributed by atoms with E-state index in [0.717, 1.165) is 11.3 Å². The van der Waals surface area contributed by atoms with Crippen LogP contribution in [-0.2, 0) is 0 Å².